The molecule has 10 nitrogen and oxygen atoms in total. The molecule has 0 unspecified atom stereocenters. The molecule has 0 aliphatic carbocycles. The Bertz CT molecular complexity index is 1560. The van der Waals surface area contributed by atoms with Gasteiger partial charge in [-0.3, -0.25) is 14.4 Å². The quantitative estimate of drug-likeness (QED) is 0.223. The summed E-state index contributed by atoms with van der Waals surface area (Å²) in [5, 5.41) is 14.2. The summed E-state index contributed by atoms with van der Waals surface area (Å²) >= 11 is 0. The van der Waals surface area contributed by atoms with E-state index in [4.69, 9.17) is 9.84 Å². The van der Waals surface area contributed by atoms with Gasteiger partial charge in [-0.25, -0.2) is 4.79 Å². The first kappa shape index (κ1) is 30.3. The molecule has 0 spiro atoms. The molecule has 0 saturated carbocycles. The van der Waals surface area contributed by atoms with Crippen molar-refractivity contribution in [2.45, 2.75) is 13.0 Å². The summed E-state index contributed by atoms with van der Waals surface area (Å²) < 4.78 is 5.78. The SMILES string of the molecule is CN(C(=O)COc1cccc(N(Cc2ccccc2)C(=O)CNC(=O)Nc2cccc(CC(=O)O)c2)c1)c1ccccc1. The Morgan fingerprint density at radius 2 is 1.40 bits per heavy atom. The fourth-order valence-electron chi connectivity index (χ4n) is 4.23. The van der Waals surface area contributed by atoms with E-state index in [-0.39, 0.29) is 37.9 Å². The smallest absolute Gasteiger partial charge is 0.319 e. The van der Waals surface area contributed by atoms with Gasteiger partial charge in [0.2, 0.25) is 5.91 Å². The number of amides is 4. The van der Waals surface area contributed by atoms with E-state index >= 15 is 0 Å². The summed E-state index contributed by atoms with van der Waals surface area (Å²) in [6, 6.07) is 31.4. The minimum atomic E-state index is -0.980. The molecule has 4 aromatic rings. The molecule has 4 rings (SSSR count). The molecule has 10 heteroatoms. The number of benzene rings is 4. The second-order valence-electron chi connectivity index (χ2n) is 9.62. The maximum Gasteiger partial charge on any atom is 0.319 e. The van der Waals surface area contributed by atoms with Crippen molar-refractivity contribution in [2.24, 2.45) is 0 Å². The van der Waals surface area contributed by atoms with Crippen molar-refractivity contribution in [3.8, 4) is 5.75 Å². The highest BCUT2D eigenvalue weighted by Gasteiger charge is 2.19. The number of hydrogen-bond donors (Lipinski definition) is 3. The monoisotopic (exact) mass is 580 g/mol. The number of ether oxygens (including phenoxy) is 1. The number of hydrogen-bond acceptors (Lipinski definition) is 5. The largest absolute Gasteiger partial charge is 0.484 e. The summed E-state index contributed by atoms with van der Waals surface area (Å²) in [6.07, 6.45) is -0.176. The molecule has 0 heterocycles. The molecule has 43 heavy (non-hydrogen) atoms. The Kier molecular flexibility index (Phi) is 10.5. The van der Waals surface area contributed by atoms with Crippen LogP contribution >= 0.6 is 0 Å². The number of anilines is 3. The number of carboxylic acids is 1. The first-order valence-corrected chi connectivity index (χ1v) is 13.5. The van der Waals surface area contributed by atoms with Gasteiger partial charge in [0.1, 0.15) is 5.75 Å². The minimum Gasteiger partial charge on any atom is -0.484 e. The lowest BCUT2D eigenvalue weighted by molar-refractivity contribution is -0.136. The van der Waals surface area contributed by atoms with E-state index in [9.17, 15) is 19.2 Å². The van der Waals surface area contributed by atoms with Crippen LogP contribution in [-0.2, 0) is 27.3 Å². The van der Waals surface area contributed by atoms with E-state index in [2.05, 4.69) is 10.6 Å². The van der Waals surface area contributed by atoms with E-state index in [1.165, 1.54) is 9.80 Å². The summed E-state index contributed by atoms with van der Waals surface area (Å²) in [5.41, 5.74) is 3.09. The van der Waals surface area contributed by atoms with Crippen molar-refractivity contribution in [3.05, 3.63) is 120 Å². The molecular weight excluding hydrogens is 548 g/mol. The molecule has 0 aliphatic rings. The average Bonchev–Trinajstić information content (AvgIpc) is 3.02. The maximum absolute atomic E-state index is 13.4. The number of para-hydroxylation sites is 1. The number of carbonyl (C=O) groups excluding carboxylic acids is 3. The average molecular weight is 581 g/mol. The highest BCUT2D eigenvalue weighted by molar-refractivity contribution is 5.98. The fraction of sp³-hybridized carbons (Fsp3) is 0.152. The molecule has 220 valence electrons. The van der Waals surface area contributed by atoms with Crippen LogP contribution in [0.2, 0.25) is 0 Å². The van der Waals surface area contributed by atoms with Gasteiger partial charge in [0, 0.05) is 30.2 Å². The van der Waals surface area contributed by atoms with Crippen molar-refractivity contribution in [3.63, 3.8) is 0 Å². The van der Waals surface area contributed by atoms with Crippen LogP contribution in [0.4, 0.5) is 21.9 Å². The number of nitrogens with one attached hydrogen (secondary N) is 2. The predicted molar refractivity (Wildman–Crippen MR) is 164 cm³/mol. The number of carbonyl (C=O) groups is 4. The molecule has 0 atom stereocenters. The standard InChI is InChI=1S/C33H32N4O6/c1-36(27-14-6-3-7-15-27)31(39)23-43-29-17-9-16-28(20-29)37(22-24-10-4-2-5-11-24)30(38)21-34-33(42)35-26-13-8-12-25(18-26)19-32(40)41/h2-18,20H,19,21-23H2,1H3,(H,40,41)(H2,34,35,42). The van der Waals surface area contributed by atoms with Crippen molar-refractivity contribution >= 4 is 40.9 Å². The van der Waals surface area contributed by atoms with Gasteiger partial charge >= 0.3 is 12.0 Å². The van der Waals surface area contributed by atoms with Crippen LogP contribution < -0.4 is 25.2 Å². The molecule has 0 bridgehead atoms. The Balaban J connectivity index is 1.42. The van der Waals surface area contributed by atoms with Gasteiger partial charge in [-0.05, 0) is 47.5 Å². The summed E-state index contributed by atoms with van der Waals surface area (Å²) in [7, 11) is 1.67. The Hall–Kier alpha value is -5.64. The first-order valence-electron chi connectivity index (χ1n) is 13.5. The second-order valence-corrected chi connectivity index (χ2v) is 9.62. The lowest BCUT2D eigenvalue weighted by atomic mass is 10.1. The van der Waals surface area contributed by atoms with Crippen molar-refractivity contribution < 1.29 is 29.0 Å². The molecule has 0 fully saturated rings. The van der Waals surface area contributed by atoms with Crippen LogP contribution in [0.25, 0.3) is 0 Å². The molecule has 0 saturated heterocycles. The van der Waals surface area contributed by atoms with Crippen LogP contribution in [-0.4, -0.2) is 49.1 Å². The summed E-state index contributed by atoms with van der Waals surface area (Å²) in [4.78, 5) is 52.7. The van der Waals surface area contributed by atoms with Crippen molar-refractivity contribution in [1.29, 1.82) is 0 Å². The molecule has 0 radical (unpaired) electrons. The zero-order valence-electron chi connectivity index (χ0n) is 23.6. The van der Waals surface area contributed by atoms with Gasteiger partial charge in [0.25, 0.3) is 5.91 Å². The molecule has 0 aromatic heterocycles. The van der Waals surface area contributed by atoms with E-state index in [0.717, 1.165) is 11.3 Å². The lowest BCUT2D eigenvalue weighted by Gasteiger charge is -2.24. The highest BCUT2D eigenvalue weighted by atomic mass is 16.5. The number of urea groups is 1. The normalized spacial score (nSPS) is 10.3. The highest BCUT2D eigenvalue weighted by Crippen LogP contribution is 2.24. The first-order chi connectivity index (χ1) is 20.8. The zero-order valence-corrected chi connectivity index (χ0v) is 23.6. The van der Waals surface area contributed by atoms with Crippen LogP contribution in [0.1, 0.15) is 11.1 Å². The van der Waals surface area contributed by atoms with Crippen LogP contribution in [0.3, 0.4) is 0 Å². The Morgan fingerprint density at radius 3 is 2.12 bits per heavy atom. The molecule has 4 aromatic carbocycles. The van der Waals surface area contributed by atoms with E-state index in [1.807, 2.05) is 60.7 Å². The third-order valence-electron chi connectivity index (χ3n) is 6.43. The molecule has 3 N–H and O–H groups in total. The Morgan fingerprint density at radius 1 is 0.744 bits per heavy atom. The van der Waals surface area contributed by atoms with Gasteiger partial charge in [-0.2, -0.15) is 0 Å². The predicted octanol–water partition coefficient (Wildman–Crippen LogP) is 4.71. The maximum atomic E-state index is 13.4. The summed E-state index contributed by atoms with van der Waals surface area (Å²) in [6.45, 7) is -0.269. The fourth-order valence-corrected chi connectivity index (χ4v) is 4.23. The van der Waals surface area contributed by atoms with E-state index in [1.54, 1.807) is 55.6 Å². The third-order valence-corrected chi connectivity index (χ3v) is 6.43. The second kappa shape index (κ2) is 14.8. The number of likely N-dealkylation sites (N-methyl/N-ethyl adjacent to an activating group) is 1. The minimum absolute atomic E-state index is 0.176. The van der Waals surface area contributed by atoms with Gasteiger partial charge in [-0.15, -0.1) is 0 Å². The number of rotatable bonds is 12. The molecular formula is C33H32N4O6. The van der Waals surface area contributed by atoms with Crippen LogP contribution in [0, 0.1) is 0 Å². The van der Waals surface area contributed by atoms with E-state index in [0.29, 0.717) is 22.7 Å². The summed E-state index contributed by atoms with van der Waals surface area (Å²) in [5.74, 6) is -1.19. The van der Waals surface area contributed by atoms with Crippen molar-refractivity contribution in [1.82, 2.24) is 5.32 Å². The zero-order chi connectivity index (χ0) is 30.6. The van der Waals surface area contributed by atoms with Crippen LogP contribution in [0.5, 0.6) is 5.75 Å². The van der Waals surface area contributed by atoms with Crippen molar-refractivity contribution in [2.75, 3.05) is 35.3 Å². The topological polar surface area (TPSA) is 128 Å². The van der Waals surface area contributed by atoms with Gasteiger partial charge in [-0.1, -0.05) is 66.7 Å². The lowest BCUT2D eigenvalue weighted by Crippen LogP contribution is -2.41. The van der Waals surface area contributed by atoms with Gasteiger partial charge in [0.15, 0.2) is 6.61 Å². The van der Waals surface area contributed by atoms with E-state index < -0.39 is 12.0 Å². The number of nitrogens with zero attached hydrogens (tertiary/aromatic N) is 2. The third kappa shape index (κ3) is 9.19. The molecule has 0 aliphatic heterocycles. The number of carboxylic acid groups (broad SMARTS) is 1. The Labute approximate surface area is 249 Å². The van der Waals surface area contributed by atoms with Crippen LogP contribution in [0.15, 0.2) is 109 Å². The molecule has 4 amide bonds. The van der Waals surface area contributed by atoms with Gasteiger partial charge in [0.05, 0.1) is 19.5 Å². The van der Waals surface area contributed by atoms with Gasteiger partial charge < -0.3 is 30.3 Å². The number of aliphatic carboxylic acids is 1.